The highest BCUT2D eigenvalue weighted by Crippen LogP contribution is 2.20. The minimum atomic E-state index is -3.09. The Kier molecular flexibility index (Phi) is 3.95. The van der Waals surface area contributed by atoms with Gasteiger partial charge in [0.05, 0.1) is 22.9 Å². The van der Waals surface area contributed by atoms with E-state index in [4.69, 9.17) is 16.3 Å². The zero-order chi connectivity index (χ0) is 12.5. The number of carbonyl (C=O) groups excluding carboxylic acids is 1. The molecule has 17 heavy (non-hydrogen) atoms. The second-order valence-corrected chi connectivity index (χ2v) is 7.31. The summed E-state index contributed by atoms with van der Waals surface area (Å²) in [5, 5.41) is 2.24. The van der Waals surface area contributed by atoms with Crippen molar-refractivity contribution in [3.05, 3.63) is 0 Å². The van der Waals surface area contributed by atoms with E-state index in [2.05, 4.69) is 5.32 Å². The van der Waals surface area contributed by atoms with Crippen LogP contribution in [0.3, 0.4) is 0 Å². The van der Waals surface area contributed by atoms with E-state index in [1.807, 2.05) is 0 Å². The lowest BCUT2D eigenvalue weighted by molar-refractivity contribution is -0.128. The molecule has 0 spiro atoms. The average Bonchev–Trinajstić information content (AvgIpc) is 2.53. The molecule has 2 aliphatic heterocycles. The number of hydrogen-bond acceptors (Lipinski definition) is 4. The maximum absolute atomic E-state index is 11.9. The van der Waals surface area contributed by atoms with Crippen LogP contribution < -0.4 is 5.32 Å². The van der Waals surface area contributed by atoms with Crippen molar-refractivity contribution in [2.75, 3.05) is 24.7 Å². The molecule has 0 aromatic carbocycles. The number of hydrogen-bond donors (Lipinski definition) is 1. The first kappa shape index (κ1) is 13.1. The Hall–Kier alpha value is -0.330. The highest BCUT2D eigenvalue weighted by molar-refractivity contribution is 7.91. The van der Waals surface area contributed by atoms with E-state index in [9.17, 15) is 13.2 Å². The SMILES string of the molecule is O=C(NC1CS(=O)(=O)CC1Cl)C1CCOCC1. The molecule has 0 radical (unpaired) electrons. The maximum atomic E-state index is 11.9. The van der Waals surface area contributed by atoms with E-state index >= 15 is 0 Å². The lowest BCUT2D eigenvalue weighted by atomic mass is 9.99. The van der Waals surface area contributed by atoms with Gasteiger partial charge in [-0.3, -0.25) is 4.79 Å². The van der Waals surface area contributed by atoms with Crippen LogP contribution in [0.15, 0.2) is 0 Å². The molecule has 2 heterocycles. The van der Waals surface area contributed by atoms with Crippen LogP contribution in [0.1, 0.15) is 12.8 Å². The molecule has 2 aliphatic rings. The molecule has 7 heteroatoms. The third kappa shape index (κ3) is 3.33. The van der Waals surface area contributed by atoms with Crippen LogP contribution in [0.4, 0.5) is 0 Å². The van der Waals surface area contributed by atoms with Crippen LogP contribution in [-0.2, 0) is 19.4 Å². The van der Waals surface area contributed by atoms with E-state index in [0.29, 0.717) is 26.1 Å². The fourth-order valence-electron chi connectivity index (χ4n) is 2.20. The molecular formula is C10H16ClNO4S. The predicted molar refractivity (Wildman–Crippen MR) is 63.8 cm³/mol. The summed E-state index contributed by atoms with van der Waals surface area (Å²) in [6.07, 6.45) is 1.39. The van der Waals surface area contributed by atoms with Crippen LogP contribution in [0.2, 0.25) is 0 Å². The smallest absolute Gasteiger partial charge is 0.223 e. The molecule has 1 amide bonds. The molecule has 2 unspecified atom stereocenters. The average molecular weight is 282 g/mol. The van der Waals surface area contributed by atoms with Gasteiger partial charge in [-0.15, -0.1) is 11.6 Å². The summed E-state index contributed by atoms with van der Waals surface area (Å²) in [7, 11) is -3.09. The second-order valence-electron chi connectivity index (χ2n) is 4.59. The van der Waals surface area contributed by atoms with Crippen molar-refractivity contribution in [1.29, 1.82) is 0 Å². The van der Waals surface area contributed by atoms with Gasteiger partial charge in [-0.05, 0) is 12.8 Å². The molecule has 2 fully saturated rings. The van der Waals surface area contributed by atoms with Crippen LogP contribution in [0.5, 0.6) is 0 Å². The summed E-state index contributed by atoms with van der Waals surface area (Å²) < 4.78 is 27.9. The Morgan fingerprint density at radius 3 is 2.41 bits per heavy atom. The predicted octanol–water partition coefficient (Wildman–Crippen LogP) is -0.0664. The van der Waals surface area contributed by atoms with E-state index < -0.39 is 21.3 Å². The second kappa shape index (κ2) is 5.12. The van der Waals surface area contributed by atoms with Crippen molar-refractivity contribution in [1.82, 2.24) is 5.32 Å². The number of carbonyl (C=O) groups is 1. The Morgan fingerprint density at radius 1 is 1.24 bits per heavy atom. The Labute approximate surface area is 106 Å². The van der Waals surface area contributed by atoms with Gasteiger partial charge >= 0.3 is 0 Å². The number of halogens is 1. The standard InChI is InChI=1S/C10H16ClNO4S/c11-8-5-17(14,15)6-9(8)12-10(13)7-1-3-16-4-2-7/h7-9H,1-6H2,(H,12,13). The van der Waals surface area contributed by atoms with Crippen LogP contribution >= 0.6 is 11.6 Å². The zero-order valence-corrected chi connectivity index (χ0v) is 11.0. The van der Waals surface area contributed by atoms with Crippen molar-refractivity contribution < 1.29 is 17.9 Å². The molecule has 0 aliphatic carbocycles. The fourth-order valence-corrected chi connectivity index (χ4v) is 4.75. The van der Waals surface area contributed by atoms with Crippen molar-refractivity contribution in [3.63, 3.8) is 0 Å². The van der Waals surface area contributed by atoms with Crippen LogP contribution in [0.25, 0.3) is 0 Å². The molecule has 2 saturated heterocycles. The van der Waals surface area contributed by atoms with Gasteiger partial charge < -0.3 is 10.1 Å². The largest absolute Gasteiger partial charge is 0.381 e. The molecule has 2 atom stereocenters. The topological polar surface area (TPSA) is 72.5 Å². The lowest BCUT2D eigenvalue weighted by Gasteiger charge is -2.23. The van der Waals surface area contributed by atoms with Crippen molar-refractivity contribution in [3.8, 4) is 0 Å². The first-order valence-corrected chi connectivity index (χ1v) is 7.96. The summed E-state index contributed by atoms with van der Waals surface area (Å²) in [5.41, 5.74) is 0. The first-order valence-electron chi connectivity index (χ1n) is 5.70. The van der Waals surface area contributed by atoms with Gasteiger partial charge in [-0.25, -0.2) is 8.42 Å². The van der Waals surface area contributed by atoms with Crippen molar-refractivity contribution in [2.45, 2.75) is 24.3 Å². The molecule has 0 aromatic rings. The quantitative estimate of drug-likeness (QED) is 0.720. The van der Waals surface area contributed by atoms with Gasteiger partial charge in [0.1, 0.15) is 0 Å². The Balaban J connectivity index is 1.90. The van der Waals surface area contributed by atoms with E-state index in [1.165, 1.54) is 0 Å². The number of amides is 1. The van der Waals surface area contributed by atoms with E-state index in [-0.39, 0.29) is 23.3 Å². The molecule has 0 saturated carbocycles. The van der Waals surface area contributed by atoms with Gasteiger partial charge in [0.15, 0.2) is 9.84 Å². The summed E-state index contributed by atoms with van der Waals surface area (Å²) in [4.78, 5) is 11.9. The maximum Gasteiger partial charge on any atom is 0.223 e. The molecule has 0 aromatic heterocycles. The Bertz CT molecular complexity index is 391. The molecule has 98 valence electrons. The number of alkyl halides is 1. The molecule has 0 bridgehead atoms. The van der Waals surface area contributed by atoms with Gasteiger partial charge in [0.2, 0.25) is 5.91 Å². The summed E-state index contributed by atoms with van der Waals surface area (Å²) >= 11 is 5.93. The van der Waals surface area contributed by atoms with Crippen LogP contribution in [-0.4, -0.2) is 50.5 Å². The normalized spacial score (nSPS) is 33.5. The number of nitrogens with one attached hydrogen (secondary N) is 1. The van der Waals surface area contributed by atoms with Gasteiger partial charge in [0, 0.05) is 19.1 Å². The van der Waals surface area contributed by atoms with Gasteiger partial charge in [-0.1, -0.05) is 0 Å². The van der Waals surface area contributed by atoms with Gasteiger partial charge in [0.25, 0.3) is 0 Å². The zero-order valence-electron chi connectivity index (χ0n) is 9.39. The number of rotatable bonds is 2. The minimum absolute atomic E-state index is 0.0455. The third-order valence-electron chi connectivity index (χ3n) is 3.20. The monoisotopic (exact) mass is 281 g/mol. The number of sulfone groups is 1. The summed E-state index contributed by atoms with van der Waals surface area (Å²) in [6, 6.07) is -0.447. The third-order valence-corrected chi connectivity index (χ3v) is 5.58. The molecule has 1 N–H and O–H groups in total. The Morgan fingerprint density at radius 2 is 1.88 bits per heavy atom. The highest BCUT2D eigenvalue weighted by atomic mass is 35.5. The first-order chi connectivity index (χ1) is 7.98. The molecular weight excluding hydrogens is 266 g/mol. The molecule has 2 rings (SSSR count). The molecule has 5 nitrogen and oxygen atoms in total. The minimum Gasteiger partial charge on any atom is -0.381 e. The lowest BCUT2D eigenvalue weighted by Crippen LogP contribution is -2.44. The van der Waals surface area contributed by atoms with Gasteiger partial charge in [-0.2, -0.15) is 0 Å². The van der Waals surface area contributed by atoms with E-state index in [1.54, 1.807) is 0 Å². The number of ether oxygens (including phenoxy) is 1. The van der Waals surface area contributed by atoms with Crippen molar-refractivity contribution in [2.24, 2.45) is 5.92 Å². The van der Waals surface area contributed by atoms with Crippen molar-refractivity contribution >= 4 is 27.3 Å². The summed E-state index contributed by atoms with van der Waals surface area (Å²) in [6.45, 7) is 1.18. The van der Waals surface area contributed by atoms with E-state index in [0.717, 1.165) is 0 Å². The fraction of sp³-hybridized carbons (Fsp3) is 0.900. The highest BCUT2D eigenvalue weighted by Gasteiger charge is 2.38. The summed E-state index contributed by atoms with van der Waals surface area (Å²) in [5.74, 6) is -0.263. The van der Waals surface area contributed by atoms with Crippen LogP contribution in [0, 0.1) is 5.92 Å².